The SMILES string of the molecule is CCCCNC(=O)c1nnn(-c2ccc(CC)cc2)c1C. The smallest absolute Gasteiger partial charge is 0.273 e. The summed E-state index contributed by atoms with van der Waals surface area (Å²) in [7, 11) is 0. The summed E-state index contributed by atoms with van der Waals surface area (Å²) >= 11 is 0. The molecule has 0 aliphatic carbocycles. The van der Waals surface area contributed by atoms with Crippen LogP contribution in [0, 0.1) is 6.92 Å². The van der Waals surface area contributed by atoms with Gasteiger partial charge in [-0.15, -0.1) is 5.10 Å². The lowest BCUT2D eigenvalue weighted by Gasteiger charge is -2.05. The van der Waals surface area contributed by atoms with Crippen molar-refractivity contribution in [3.63, 3.8) is 0 Å². The molecule has 0 spiro atoms. The van der Waals surface area contributed by atoms with Crippen LogP contribution in [-0.2, 0) is 6.42 Å². The average Bonchev–Trinajstić information content (AvgIpc) is 2.89. The van der Waals surface area contributed by atoms with E-state index in [-0.39, 0.29) is 5.91 Å². The molecule has 0 saturated carbocycles. The van der Waals surface area contributed by atoms with Gasteiger partial charge in [0.15, 0.2) is 5.69 Å². The highest BCUT2D eigenvalue weighted by Crippen LogP contribution is 2.13. The predicted molar refractivity (Wildman–Crippen MR) is 82.7 cm³/mol. The fourth-order valence-corrected chi connectivity index (χ4v) is 2.12. The molecule has 112 valence electrons. The van der Waals surface area contributed by atoms with Crippen molar-refractivity contribution < 1.29 is 4.79 Å². The summed E-state index contributed by atoms with van der Waals surface area (Å²) in [6, 6.07) is 8.13. The number of unbranched alkanes of at least 4 members (excludes halogenated alkanes) is 1. The van der Waals surface area contributed by atoms with Gasteiger partial charge in [-0.1, -0.05) is 37.6 Å². The summed E-state index contributed by atoms with van der Waals surface area (Å²) in [5.74, 6) is -0.155. The van der Waals surface area contributed by atoms with Gasteiger partial charge in [0.1, 0.15) is 0 Å². The van der Waals surface area contributed by atoms with E-state index in [0.29, 0.717) is 12.2 Å². The molecular weight excluding hydrogens is 264 g/mol. The second-order valence-corrected chi connectivity index (χ2v) is 5.06. The third-order valence-electron chi connectivity index (χ3n) is 3.51. The minimum atomic E-state index is -0.155. The molecule has 1 amide bonds. The van der Waals surface area contributed by atoms with Gasteiger partial charge in [0.05, 0.1) is 11.4 Å². The Morgan fingerprint density at radius 3 is 2.57 bits per heavy atom. The highest BCUT2D eigenvalue weighted by molar-refractivity contribution is 5.93. The Hall–Kier alpha value is -2.17. The van der Waals surface area contributed by atoms with Crippen LogP contribution in [0.3, 0.4) is 0 Å². The lowest BCUT2D eigenvalue weighted by Crippen LogP contribution is -2.25. The predicted octanol–water partition coefficient (Wildman–Crippen LogP) is 2.67. The highest BCUT2D eigenvalue weighted by Gasteiger charge is 2.16. The van der Waals surface area contributed by atoms with Gasteiger partial charge in [0.2, 0.25) is 0 Å². The van der Waals surface area contributed by atoms with Crippen LogP contribution >= 0.6 is 0 Å². The first-order valence-electron chi connectivity index (χ1n) is 7.47. The van der Waals surface area contributed by atoms with Crippen LogP contribution < -0.4 is 5.32 Å². The maximum Gasteiger partial charge on any atom is 0.273 e. The van der Waals surface area contributed by atoms with Crippen LogP contribution in [-0.4, -0.2) is 27.4 Å². The van der Waals surface area contributed by atoms with Gasteiger partial charge in [0.25, 0.3) is 5.91 Å². The quantitative estimate of drug-likeness (QED) is 0.831. The molecule has 0 unspecified atom stereocenters. The average molecular weight is 286 g/mol. The third kappa shape index (κ3) is 3.48. The van der Waals surface area contributed by atoms with Gasteiger partial charge in [-0.05, 0) is 37.5 Å². The van der Waals surface area contributed by atoms with E-state index in [1.54, 1.807) is 4.68 Å². The van der Waals surface area contributed by atoms with Gasteiger partial charge < -0.3 is 5.32 Å². The molecule has 5 heteroatoms. The topological polar surface area (TPSA) is 59.8 Å². The molecule has 0 atom stereocenters. The van der Waals surface area contributed by atoms with Crippen LogP contribution in [0.15, 0.2) is 24.3 Å². The molecule has 0 bridgehead atoms. The fourth-order valence-electron chi connectivity index (χ4n) is 2.12. The number of hydrogen-bond acceptors (Lipinski definition) is 3. The van der Waals surface area contributed by atoms with E-state index in [9.17, 15) is 4.79 Å². The van der Waals surface area contributed by atoms with Crippen LogP contribution in [0.1, 0.15) is 48.4 Å². The van der Waals surface area contributed by atoms with Crippen LogP contribution in [0.4, 0.5) is 0 Å². The maximum absolute atomic E-state index is 12.1. The van der Waals surface area contributed by atoms with E-state index in [1.165, 1.54) is 5.56 Å². The van der Waals surface area contributed by atoms with Crippen molar-refractivity contribution in [2.24, 2.45) is 0 Å². The van der Waals surface area contributed by atoms with Gasteiger partial charge in [0, 0.05) is 6.54 Å². The summed E-state index contributed by atoms with van der Waals surface area (Å²) in [5, 5.41) is 11.0. The van der Waals surface area contributed by atoms with Crippen molar-refractivity contribution in [3.8, 4) is 5.69 Å². The van der Waals surface area contributed by atoms with Crippen molar-refractivity contribution in [3.05, 3.63) is 41.2 Å². The Bertz CT molecular complexity index is 601. The second kappa shape index (κ2) is 7.02. The minimum absolute atomic E-state index is 0.155. The van der Waals surface area contributed by atoms with Crippen molar-refractivity contribution in [1.82, 2.24) is 20.3 Å². The number of hydrogen-bond donors (Lipinski definition) is 1. The summed E-state index contributed by atoms with van der Waals surface area (Å²) < 4.78 is 1.70. The normalized spacial score (nSPS) is 10.6. The van der Waals surface area contributed by atoms with Crippen molar-refractivity contribution in [1.29, 1.82) is 0 Å². The molecule has 0 saturated heterocycles. The van der Waals surface area contributed by atoms with E-state index < -0.39 is 0 Å². The Morgan fingerprint density at radius 2 is 1.95 bits per heavy atom. The van der Waals surface area contributed by atoms with Gasteiger partial charge in [-0.25, -0.2) is 4.68 Å². The van der Waals surface area contributed by atoms with Gasteiger partial charge in [-0.3, -0.25) is 4.79 Å². The number of carbonyl (C=O) groups is 1. The highest BCUT2D eigenvalue weighted by atomic mass is 16.2. The van der Waals surface area contributed by atoms with Crippen LogP contribution in [0.25, 0.3) is 5.69 Å². The first kappa shape index (κ1) is 15.2. The Kier molecular flexibility index (Phi) is 5.09. The first-order chi connectivity index (χ1) is 10.2. The van der Waals surface area contributed by atoms with Gasteiger partial charge in [-0.2, -0.15) is 0 Å². The standard InChI is InChI=1S/C16H22N4O/c1-4-6-11-17-16(21)15-12(3)20(19-18-15)14-9-7-13(5-2)8-10-14/h7-10H,4-6,11H2,1-3H3,(H,17,21). The molecule has 0 radical (unpaired) electrons. The molecule has 0 aliphatic rings. The molecule has 0 aliphatic heterocycles. The third-order valence-corrected chi connectivity index (χ3v) is 3.51. The van der Waals surface area contributed by atoms with Gasteiger partial charge >= 0.3 is 0 Å². The minimum Gasteiger partial charge on any atom is -0.351 e. The van der Waals surface area contributed by atoms with E-state index in [2.05, 4.69) is 41.6 Å². The Labute approximate surface area is 125 Å². The summed E-state index contributed by atoms with van der Waals surface area (Å²) in [5.41, 5.74) is 3.35. The van der Waals surface area contributed by atoms with Crippen molar-refractivity contribution in [2.75, 3.05) is 6.54 Å². The molecule has 0 fully saturated rings. The second-order valence-electron chi connectivity index (χ2n) is 5.06. The maximum atomic E-state index is 12.1. The molecule has 1 aromatic heterocycles. The lowest BCUT2D eigenvalue weighted by atomic mass is 10.1. The summed E-state index contributed by atoms with van der Waals surface area (Å²) in [6.07, 6.45) is 3.02. The monoisotopic (exact) mass is 286 g/mol. The number of nitrogens with one attached hydrogen (secondary N) is 1. The molecule has 2 rings (SSSR count). The largest absolute Gasteiger partial charge is 0.351 e. The summed E-state index contributed by atoms with van der Waals surface area (Å²) in [4.78, 5) is 12.1. The zero-order valence-electron chi connectivity index (χ0n) is 12.9. The zero-order chi connectivity index (χ0) is 15.2. The molecule has 1 N–H and O–H groups in total. The molecule has 5 nitrogen and oxygen atoms in total. The lowest BCUT2D eigenvalue weighted by molar-refractivity contribution is 0.0947. The van der Waals surface area contributed by atoms with E-state index in [0.717, 1.165) is 30.6 Å². The van der Waals surface area contributed by atoms with Crippen molar-refractivity contribution >= 4 is 5.91 Å². The number of benzene rings is 1. The molecular formula is C16H22N4O. The van der Waals surface area contributed by atoms with Crippen LogP contribution in [0.5, 0.6) is 0 Å². The fraction of sp³-hybridized carbons (Fsp3) is 0.438. The number of nitrogens with zero attached hydrogens (tertiary/aromatic N) is 3. The summed E-state index contributed by atoms with van der Waals surface area (Å²) in [6.45, 7) is 6.75. The van der Waals surface area contributed by atoms with Crippen LogP contribution in [0.2, 0.25) is 0 Å². The Morgan fingerprint density at radius 1 is 1.24 bits per heavy atom. The molecule has 21 heavy (non-hydrogen) atoms. The van der Waals surface area contributed by atoms with E-state index >= 15 is 0 Å². The number of aromatic nitrogens is 3. The number of aryl methyl sites for hydroxylation is 1. The van der Waals surface area contributed by atoms with E-state index in [1.807, 2.05) is 19.1 Å². The number of carbonyl (C=O) groups excluding carboxylic acids is 1. The number of amides is 1. The number of rotatable bonds is 6. The first-order valence-corrected chi connectivity index (χ1v) is 7.47. The zero-order valence-corrected chi connectivity index (χ0v) is 12.9. The Balaban J connectivity index is 2.17. The van der Waals surface area contributed by atoms with E-state index in [4.69, 9.17) is 0 Å². The van der Waals surface area contributed by atoms with Crippen molar-refractivity contribution in [2.45, 2.75) is 40.0 Å². The molecule has 1 heterocycles. The molecule has 1 aromatic carbocycles. The molecule has 2 aromatic rings.